The molecule has 2 rings (SSSR count). The van der Waals surface area contributed by atoms with Crippen molar-refractivity contribution in [2.75, 3.05) is 38.2 Å². The molecule has 0 saturated carbocycles. The van der Waals surface area contributed by atoms with Crippen molar-refractivity contribution in [3.63, 3.8) is 0 Å². The van der Waals surface area contributed by atoms with E-state index in [1.165, 1.54) is 18.9 Å². The van der Waals surface area contributed by atoms with Crippen LogP contribution in [0.2, 0.25) is 0 Å². The lowest BCUT2D eigenvalue weighted by Gasteiger charge is -2.40. The third kappa shape index (κ3) is 3.77. The van der Waals surface area contributed by atoms with Gasteiger partial charge in [-0.3, -0.25) is 9.69 Å². The topological polar surface area (TPSA) is 32.8 Å². The number of alkyl halides is 3. The highest BCUT2D eigenvalue weighted by molar-refractivity contribution is 5.80. The molecule has 0 radical (unpaired) electrons. The lowest BCUT2D eigenvalue weighted by atomic mass is 10.1. The zero-order valence-electron chi connectivity index (χ0n) is 13.5. The van der Waals surface area contributed by atoms with Gasteiger partial charge in [0.1, 0.15) is 18.1 Å². The first-order valence-corrected chi connectivity index (χ1v) is 7.47. The lowest BCUT2D eigenvalue weighted by Crippen LogP contribution is -2.53. The van der Waals surface area contributed by atoms with E-state index in [4.69, 9.17) is 4.74 Å². The molecule has 0 aliphatic carbocycles. The van der Waals surface area contributed by atoms with Crippen LogP contribution in [0.25, 0.3) is 0 Å². The minimum Gasteiger partial charge on any atom is -0.496 e. The van der Waals surface area contributed by atoms with E-state index in [0.717, 1.165) is 17.5 Å². The molecule has 4 nitrogen and oxygen atoms in total. The van der Waals surface area contributed by atoms with Crippen LogP contribution in [0.1, 0.15) is 22.8 Å². The molecule has 128 valence electrons. The molecule has 0 bridgehead atoms. The van der Waals surface area contributed by atoms with Crippen molar-refractivity contribution in [2.45, 2.75) is 26.1 Å². The van der Waals surface area contributed by atoms with Gasteiger partial charge in [0.25, 0.3) is 0 Å². The standard InChI is InChI=1S/C16H21F3N2O2/c1-11-14(8-13(10-22)9-15(11)23-3)21-6-4-20(5-7-21)12(2)16(17,18)19/h8-10,12H,4-7H2,1-3H3. The maximum Gasteiger partial charge on any atom is 0.403 e. The Labute approximate surface area is 133 Å². The van der Waals surface area contributed by atoms with Crippen molar-refractivity contribution in [1.29, 1.82) is 0 Å². The number of hydrogen-bond donors (Lipinski definition) is 0. The molecular weight excluding hydrogens is 309 g/mol. The first-order chi connectivity index (χ1) is 10.8. The monoisotopic (exact) mass is 330 g/mol. The fourth-order valence-electron chi connectivity index (χ4n) is 2.86. The largest absolute Gasteiger partial charge is 0.496 e. The Morgan fingerprint density at radius 3 is 2.30 bits per heavy atom. The Hall–Kier alpha value is -1.76. The number of nitrogens with zero attached hydrogens (tertiary/aromatic N) is 2. The number of methoxy groups -OCH3 is 1. The van der Waals surface area contributed by atoms with Crippen LogP contribution >= 0.6 is 0 Å². The van der Waals surface area contributed by atoms with Crippen LogP contribution in [0.15, 0.2) is 12.1 Å². The number of anilines is 1. The molecule has 7 heteroatoms. The highest BCUT2D eigenvalue weighted by Gasteiger charge is 2.40. The highest BCUT2D eigenvalue weighted by atomic mass is 19.4. The predicted octanol–water partition coefficient (Wildman–Crippen LogP) is 2.89. The molecule has 1 unspecified atom stereocenters. The highest BCUT2D eigenvalue weighted by Crippen LogP contribution is 2.32. The maximum atomic E-state index is 12.8. The number of rotatable bonds is 4. The minimum absolute atomic E-state index is 0.327. The molecule has 0 amide bonds. The van der Waals surface area contributed by atoms with E-state index in [-0.39, 0.29) is 0 Å². The van der Waals surface area contributed by atoms with Crippen LogP contribution in [0, 0.1) is 6.92 Å². The van der Waals surface area contributed by atoms with Gasteiger partial charge in [0.2, 0.25) is 0 Å². The van der Waals surface area contributed by atoms with Gasteiger partial charge in [-0.25, -0.2) is 0 Å². The van der Waals surface area contributed by atoms with Gasteiger partial charge in [-0.1, -0.05) is 0 Å². The second-order valence-corrected chi connectivity index (χ2v) is 5.73. The summed E-state index contributed by atoms with van der Waals surface area (Å²) in [5.74, 6) is 0.607. The summed E-state index contributed by atoms with van der Waals surface area (Å²) >= 11 is 0. The average molecular weight is 330 g/mol. The molecule has 0 spiro atoms. The molecule has 1 aliphatic heterocycles. The van der Waals surface area contributed by atoms with Crippen LogP contribution < -0.4 is 9.64 Å². The molecule has 1 heterocycles. The van der Waals surface area contributed by atoms with Gasteiger partial charge >= 0.3 is 6.18 Å². The van der Waals surface area contributed by atoms with E-state index in [2.05, 4.69) is 0 Å². The lowest BCUT2D eigenvalue weighted by molar-refractivity contribution is -0.179. The van der Waals surface area contributed by atoms with Crippen LogP contribution in [-0.4, -0.2) is 56.7 Å². The van der Waals surface area contributed by atoms with E-state index in [1.54, 1.807) is 12.1 Å². The van der Waals surface area contributed by atoms with E-state index in [9.17, 15) is 18.0 Å². The second-order valence-electron chi connectivity index (χ2n) is 5.73. The fourth-order valence-corrected chi connectivity index (χ4v) is 2.86. The third-order valence-electron chi connectivity index (χ3n) is 4.39. The predicted molar refractivity (Wildman–Crippen MR) is 82.4 cm³/mol. The summed E-state index contributed by atoms with van der Waals surface area (Å²) < 4.78 is 43.7. The number of benzene rings is 1. The van der Waals surface area contributed by atoms with Crippen molar-refractivity contribution in [3.8, 4) is 5.75 Å². The molecule has 1 saturated heterocycles. The van der Waals surface area contributed by atoms with Crippen molar-refractivity contribution >= 4 is 12.0 Å². The number of halogens is 3. The Bertz CT molecular complexity index is 567. The zero-order chi connectivity index (χ0) is 17.2. The Morgan fingerprint density at radius 2 is 1.83 bits per heavy atom. The van der Waals surface area contributed by atoms with Crippen molar-refractivity contribution in [3.05, 3.63) is 23.3 Å². The van der Waals surface area contributed by atoms with E-state index in [1.807, 2.05) is 11.8 Å². The third-order valence-corrected chi connectivity index (χ3v) is 4.39. The summed E-state index contributed by atoms with van der Waals surface area (Å²) in [5, 5.41) is 0. The number of carbonyl (C=O) groups is 1. The van der Waals surface area contributed by atoms with Gasteiger partial charge in [-0.15, -0.1) is 0 Å². The molecule has 0 N–H and O–H groups in total. The second kappa shape index (κ2) is 6.78. The molecule has 1 aromatic rings. The van der Waals surface area contributed by atoms with Crippen LogP contribution in [0.3, 0.4) is 0 Å². The smallest absolute Gasteiger partial charge is 0.403 e. The van der Waals surface area contributed by atoms with E-state index < -0.39 is 12.2 Å². The van der Waals surface area contributed by atoms with Gasteiger partial charge < -0.3 is 9.64 Å². The van der Waals surface area contributed by atoms with Gasteiger partial charge in [-0.05, 0) is 26.0 Å². The van der Waals surface area contributed by atoms with Crippen molar-refractivity contribution in [1.82, 2.24) is 4.90 Å². The average Bonchev–Trinajstić information content (AvgIpc) is 2.53. The molecular formula is C16H21F3N2O2. The quantitative estimate of drug-likeness (QED) is 0.795. The summed E-state index contributed by atoms with van der Waals surface area (Å²) in [5.41, 5.74) is 2.22. The fraction of sp³-hybridized carbons (Fsp3) is 0.562. The van der Waals surface area contributed by atoms with Crippen LogP contribution in [-0.2, 0) is 0 Å². The summed E-state index contributed by atoms with van der Waals surface area (Å²) in [6.07, 6.45) is -3.47. The number of aldehydes is 1. The van der Waals surface area contributed by atoms with Crippen LogP contribution in [0.4, 0.5) is 18.9 Å². The number of piperazine rings is 1. The van der Waals surface area contributed by atoms with Crippen molar-refractivity contribution < 1.29 is 22.7 Å². The summed E-state index contributed by atoms with van der Waals surface area (Å²) in [4.78, 5) is 14.5. The summed E-state index contributed by atoms with van der Waals surface area (Å²) in [7, 11) is 1.53. The number of hydrogen-bond acceptors (Lipinski definition) is 4. The Balaban J connectivity index is 2.16. The zero-order valence-corrected chi connectivity index (χ0v) is 13.5. The van der Waals surface area contributed by atoms with Gasteiger partial charge in [0.15, 0.2) is 0 Å². The van der Waals surface area contributed by atoms with E-state index >= 15 is 0 Å². The maximum absolute atomic E-state index is 12.8. The minimum atomic E-state index is -4.21. The van der Waals surface area contributed by atoms with Gasteiger partial charge in [0, 0.05) is 43.0 Å². The van der Waals surface area contributed by atoms with Crippen LogP contribution in [0.5, 0.6) is 5.75 Å². The number of carbonyl (C=O) groups excluding carboxylic acids is 1. The molecule has 1 aliphatic rings. The molecule has 23 heavy (non-hydrogen) atoms. The number of ether oxygens (including phenoxy) is 1. The summed E-state index contributed by atoms with van der Waals surface area (Å²) in [6, 6.07) is 1.98. The SMILES string of the molecule is COc1cc(C=O)cc(N2CCN(C(C)C(F)(F)F)CC2)c1C. The van der Waals surface area contributed by atoms with E-state index in [0.29, 0.717) is 37.5 Å². The Kier molecular flexibility index (Phi) is 5.19. The normalized spacial score (nSPS) is 17.9. The molecule has 1 atom stereocenters. The van der Waals surface area contributed by atoms with Crippen molar-refractivity contribution in [2.24, 2.45) is 0 Å². The first kappa shape index (κ1) is 17.6. The molecule has 1 aromatic carbocycles. The molecule has 1 fully saturated rings. The van der Waals surface area contributed by atoms with Gasteiger partial charge in [-0.2, -0.15) is 13.2 Å². The molecule has 0 aromatic heterocycles. The first-order valence-electron chi connectivity index (χ1n) is 7.47. The van der Waals surface area contributed by atoms with Gasteiger partial charge in [0.05, 0.1) is 7.11 Å². The Morgan fingerprint density at radius 1 is 1.22 bits per heavy atom. The summed E-state index contributed by atoms with van der Waals surface area (Å²) in [6.45, 7) is 4.69.